The maximum absolute atomic E-state index is 13.3. The predicted molar refractivity (Wildman–Crippen MR) is 119 cm³/mol. The lowest BCUT2D eigenvalue weighted by Crippen LogP contribution is -2.27. The quantitative estimate of drug-likeness (QED) is 0.287. The number of benzene rings is 1. The van der Waals surface area contributed by atoms with Crippen LogP contribution < -0.4 is 5.56 Å². The van der Waals surface area contributed by atoms with Crippen LogP contribution in [0.5, 0.6) is 0 Å². The SMILES string of the molecule is CSc1nc2cc(C)n(Cc3nc(-c4cccc(C(F)(F)F)c4)no3)c2c(=O)n1CC(C)C. The van der Waals surface area contributed by atoms with Crippen LogP contribution in [-0.4, -0.2) is 30.5 Å². The molecule has 3 heterocycles. The van der Waals surface area contributed by atoms with Crippen molar-refractivity contribution >= 4 is 22.8 Å². The molecule has 4 aromatic rings. The fourth-order valence-electron chi connectivity index (χ4n) is 3.64. The third kappa shape index (κ3) is 4.54. The third-order valence-corrected chi connectivity index (χ3v) is 5.80. The van der Waals surface area contributed by atoms with Crippen molar-refractivity contribution in [1.82, 2.24) is 24.3 Å². The zero-order chi connectivity index (χ0) is 23.9. The van der Waals surface area contributed by atoms with Crippen LogP contribution in [0.4, 0.5) is 13.2 Å². The number of aromatic nitrogens is 5. The zero-order valence-electron chi connectivity index (χ0n) is 18.5. The number of aryl methyl sites for hydroxylation is 1. The second kappa shape index (κ2) is 8.69. The van der Waals surface area contributed by atoms with Gasteiger partial charge >= 0.3 is 6.18 Å². The van der Waals surface area contributed by atoms with Crippen LogP contribution in [-0.2, 0) is 19.3 Å². The van der Waals surface area contributed by atoms with E-state index in [1.54, 1.807) is 9.13 Å². The maximum atomic E-state index is 13.3. The van der Waals surface area contributed by atoms with Gasteiger partial charge in [-0.15, -0.1) is 0 Å². The molecule has 0 unspecified atom stereocenters. The van der Waals surface area contributed by atoms with E-state index in [9.17, 15) is 18.0 Å². The number of rotatable bonds is 6. The van der Waals surface area contributed by atoms with Crippen molar-refractivity contribution < 1.29 is 17.7 Å². The Morgan fingerprint density at radius 2 is 1.91 bits per heavy atom. The van der Waals surface area contributed by atoms with Crippen molar-refractivity contribution in [2.24, 2.45) is 5.92 Å². The molecule has 0 amide bonds. The molecule has 0 radical (unpaired) electrons. The van der Waals surface area contributed by atoms with E-state index in [1.807, 2.05) is 33.1 Å². The first kappa shape index (κ1) is 23.1. The van der Waals surface area contributed by atoms with Gasteiger partial charge in [-0.2, -0.15) is 18.2 Å². The fraction of sp³-hybridized carbons (Fsp3) is 0.364. The second-order valence-electron chi connectivity index (χ2n) is 8.10. The Balaban J connectivity index is 1.73. The number of hydrogen-bond acceptors (Lipinski definition) is 6. The molecule has 0 saturated heterocycles. The normalized spacial score (nSPS) is 12.2. The monoisotopic (exact) mass is 477 g/mol. The van der Waals surface area contributed by atoms with Gasteiger partial charge in [0.15, 0.2) is 5.16 Å². The number of fused-ring (bicyclic) bond motifs is 1. The molecule has 174 valence electrons. The molecule has 3 aromatic heterocycles. The first-order chi connectivity index (χ1) is 15.6. The van der Waals surface area contributed by atoms with E-state index in [-0.39, 0.29) is 35.3 Å². The molecule has 0 N–H and O–H groups in total. The van der Waals surface area contributed by atoms with Gasteiger partial charge in [-0.1, -0.05) is 42.9 Å². The molecule has 7 nitrogen and oxygen atoms in total. The topological polar surface area (TPSA) is 78.7 Å². The Labute approximate surface area is 191 Å². The van der Waals surface area contributed by atoms with Crippen molar-refractivity contribution in [2.75, 3.05) is 6.26 Å². The molecule has 0 atom stereocenters. The molecule has 0 aliphatic carbocycles. The van der Waals surface area contributed by atoms with Gasteiger partial charge in [-0.05, 0) is 37.3 Å². The Morgan fingerprint density at radius 1 is 1.15 bits per heavy atom. The molecule has 4 rings (SSSR count). The van der Waals surface area contributed by atoms with Crippen LogP contribution in [0.2, 0.25) is 0 Å². The summed E-state index contributed by atoms with van der Waals surface area (Å²) in [6, 6.07) is 6.56. The number of alkyl halides is 3. The van der Waals surface area contributed by atoms with E-state index in [1.165, 1.54) is 23.9 Å². The van der Waals surface area contributed by atoms with E-state index in [2.05, 4.69) is 15.1 Å². The minimum absolute atomic E-state index is 0.0465. The van der Waals surface area contributed by atoms with E-state index in [4.69, 9.17) is 4.52 Å². The zero-order valence-corrected chi connectivity index (χ0v) is 19.3. The average molecular weight is 478 g/mol. The van der Waals surface area contributed by atoms with E-state index < -0.39 is 11.7 Å². The molecule has 0 aliphatic rings. The summed E-state index contributed by atoms with van der Waals surface area (Å²) in [5.74, 6) is 0.473. The molecular formula is C22H22F3N5O2S. The maximum Gasteiger partial charge on any atom is 0.416 e. The summed E-state index contributed by atoms with van der Waals surface area (Å²) in [5, 5.41) is 4.48. The summed E-state index contributed by atoms with van der Waals surface area (Å²) in [6.07, 6.45) is -2.59. The lowest BCUT2D eigenvalue weighted by Gasteiger charge is -2.13. The van der Waals surface area contributed by atoms with Crippen molar-refractivity contribution in [2.45, 2.75) is 45.2 Å². The van der Waals surface area contributed by atoms with Crippen LogP contribution in [0.25, 0.3) is 22.4 Å². The number of nitrogens with zero attached hydrogens (tertiary/aromatic N) is 5. The van der Waals surface area contributed by atoms with Crippen molar-refractivity contribution in [1.29, 1.82) is 0 Å². The number of hydrogen-bond donors (Lipinski definition) is 0. The molecule has 0 bridgehead atoms. The highest BCUT2D eigenvalue weighted by Crippen LogP contribution is 2.31. The molecule has 0 aliphatic heterocycles. The van der Waals surface area contributed by atoms with E-state index >= 15 is 0 Å². The van der Waals surface area contributed by atoms with Crippen LogP contribution in [0.3, 0.4) is 0 Å². The minimum atomic E-state index is -4.47. The molecule has 0 saturated carbocycles. The van der Waals surface area contributed by atoms with Gasteiger partial charge < -0.3 is 9.09 Å². The standard InChI is InChI=1S/C22H22F3N5O2S/c1-12(2)10-30-20(31)18-16(26-21(30)33-4)8-13(3)29(18)11-17-27-19(28-32-17)14-6-5-7-15(9-14)22(23,24)25/h5-9,12H,10-11H2,1-4H3. The smallest absolute Gasteiger partial charge is 0.337 e. The van der Waals surface area contributed by atoms with Gasteiger partial charge in [0.25, 0.3) is 5.56 Å². The Hall–Kier alpha value is -3.08. The minimum Gasteiger partial charge on any atom is -0.337 e. The number of halogens is 3. The highest BCUT2D eigenvalue weighted by atomic mass is 32.2. The second-order valence-corrected chi connectivity index (χ2v) is 8.88. The predicted octanol–water partition coefficient (Wildman–Crippen LogP) is 5.00. The van der Waals surface area contributed by atoms with Crippen LogP contribution in [0, 0.1) is 12.8 Å². The van der Waals surface area contributed by atoms with Crippen LogP contribution in [0.15, 0.2) is 44.8 Å². The van der Waals surface area contributed by atoms with Gasteiger partial charge in [0.05, 0.1) is 11.1 Å². The first-order valence-corrected chi connectivity index (χ1v) is 11.5. The van der Waals surface area contributed by atoms with E-state index in [0.29, 0.717) is 22.7 Å². The molecular weight excluding hydrogens is 455 g/mol. The van der Waals surface area contributed by atoms with Gasteiger partial charge in [0.2, 0.25) is 11.7 Å². The van der Waals surface area contributed by atoms with Gasteiger partial charge in [-0.25, -0.2) is 4.98 Å². The Bertz CT molecular complexity index is 1370. The first-order valence-electron chi connectivity index (χ1n) is 10.2. The van der Waals surface area contributed by atoms with Crippen molar-refractivity contribution in [3.63, 3.8) is 0 Å². The largest absolute Gasteiger partial charge is 0.416 e. The third-order valence-electron chi connectivity index (χ3n) is 5.12. The summed E-state index contributed by atoms with van der Waals surface area (Å²) in [5.41, 5.74) is 1.01. The van der Waals surface area contributed by atoms with E-state index in [0.717, 1.165) is 17.8 Å². The average Bonchev–Trinajstić information content (AvgIpc) is 3.34. The van der Waals surface area contributed by atoms with Crippen LogP contribution in [0.1, 0.15) is 31.0 Å². The van der Waals surface area contributed by atoms with Gasteiger partial charge in [-0.3, -0.25) is 9.36 Å². The highest BCUT2D eigenvalue weighted by molar-refractivity contribution is 7.98. The Morgan fingerprint density at radius 3 is 2.58 bits per heavy atom. The van der Waals surface area contributed by atoms with Gasteiger partial charge in [0, 0.05) is 17.8 Å². The Kier molecular flexibility index (Phi) is 6.08. The summed E-state index contributed by atoms with van der Waals surface area (Å²) in [7, 11) is 0. The van der Waals surface area contributed by atoms with Crippen molar-refractivity contribution in [3.8, 4) is 11.4 Å². The van der Waals surface area contributed by atoms with Crippen molar-refractivity contribution in [3.05, 3.63) is 57.8 Å². The summed E-state index contributed by atoms with van der Waals surface area (Å²) >= 11 is 1.41. The molecule has 1 aromatic carbocycles. The fourth-order valence-corrected chi connectivity index (χ4v) is 4.21. The summed E-state index contributed by atoms with van der Waals surface area (Å²) in [4.78, 5) is 22.3. The molecule has 33 heavy (non-hydrogen) atoms. The molecule has 0 fully saturated rings. The molecule has 11 heteroatoms. The lowest BCUT2D eigenvalue weighted by atomic mass is 10.1. The molecule has 0 spiro atoms. The lowest BCUT2D eigenvalue weighted by molar-refractivity contribution is -0.137. The summed E-state index contributed by atoms with van der Waals surface area (Å²) in [6.45, 7) is 6.52. The highest BCUT2D eigenvalue weighted by Gasteiger charge is 2.31. The summed E-state index contributed by atoms with van der Waals surface area (Å²) < 4.78 is 47.8. The van der Waals surface area contributed by atoms with Crippen LogP contribution >= 0.6 is 11.8 Å². The van der Waals surface area contributed by atoms with Gasteiger partial charge in [0.1, 0.15) is 12.1 Å². The number of thioether (sulfide) groups is 1.